The molecule has 0 aliphatic carbocycles. The van der Waals surface area contributed by atoms with Crippen molar-refractivity contribution in [1.29, 1.82) is 0 Å². The summed E-state index contributed by atoms with van der Waals surface area (Å²) in [5.74, 6) is 0. The molecule has 2 aromatic rings. The second-order valence-corrected chi connectivity index (χ2v) is 6.09. The third-order valence-electron chi connectivity index (χ3n) is 3.45. The van der Waals surface area contributed by atoms with Crippen LogP contribution in [0.5, 0.6) is 0 Å². The number of anilines is 2. The Morgan fingerprint density at radius 1 is 0.783 bits per heavy atom. The van der Waals surface area contributed by atoms with E-state index in [2.05, 4.69) is 41.4 Å². The fourth-order valence-corrected chi connectivity index (χ4v) is 2.28. The average Bonchev–Trinajstić information content (AvgIpc) is 2.52. The van der Waals surface area contributed by atoms with Crippen LogP contribution in [0.25, 0.3) is 0 Å². The Morgan fingerprint density at radius 2 is 1.39 bits per heavy atom. The maximum atomic E-state index is 5.27. The minimum absolute atomic E-state index is 0.443. The van der Waals surface area contributed by atoms with Crippen molar-refractivity contribution < 1.29 is 0 Å². The molecule has 0 saturated carbocycles. The van der Waals surface area contributed by atoms with E-state index in [1.165, 1.54) is 11.1 Å². The maximum Gasteiger partial charge on any atom is 0.189 e. The van der Waals surface area contributed by atoms with E-state index in [4.69, 9.17) is 24.4 Å². The molecule has 0 unspecified atom stereocenters. The summed E-state index contributed by atoms with van der Waals surface area (Å²) in [7, 11) is 0. The van der Waals surface area contributed by atoms with Gasteiger partial charge in [-0.15, -0.1) is 0 Å². The first kappa shape index (κ1) is 17.2. The smallest absolute Gasteiger partial charge is 0.189 e. The lowest BCUT2D eigenvalue weighted by Gasteiger charge is -2.16. The Bertz CT molecular complexity index is 711. The third kappa shape index (κ3) is 5.19. The standard InChI is InChI=1S/C17H20N4S2/c1-11-7-9-14(10-8-11)18-16(22)20-21-17(23)19-15-6-4-5-12(2)13(15)3/h4-10H,1-3H3,(H2,18,20,22)(H2,19,21,23). The molecule has 4 N–H and O–H groups in total. The van der Waals surface area contributed by atoms with E-state index in [0.717, 1.165) is 16.9 Å². The molecule has 4 nitrogen and oxygen atoms in total. The molecule has 2 rings (SSSR count). The summed E-state index contributed by atoms with van der Waals surface area (Å²) < 4.78 is 0. The van der Waals surface area contributed by atoms with Crippen LogP contribution >= 0.6 is 24.4 Å². The summed E-state index contributed by atoms with van der Waals surface area (Å²) in [5.41, 5.74) is 11.2. The van der Waals surface area contributed by atoms with Crippen LogP contribution in [0.3, 0.4) is 0 Å². The number of benzene rings is 2. The van der Waals surface area contributed by atoms with Crippen molar-refractivity contribution in [2.45, 2.75) is 20.8 Å². The molecule has 0 aliphatic heterocycles. The fraction of sp³-hybridized carbons (Fsp3) is 0.176. The zero-order valence-corrected chi connectivity index (χ0v) is 15.0. The normalized spacial score (nSPS) is 9.87. The predicted molar refractivity (Wildman–Crippen MR) is 106 cm³/mol. The van der Waals surface area contributed by atoms with Crippen LogP contribution < -0.4 is 21.5 Å². The Morgan fingerprint density at radius 3 is 2.04 bits per heavy atom. The summed E-state index contributed by atoms with van der Waals surface area (Å²) in [6.45, 7) is 6.16. The SMILES string of the molecule is Cc1ccc(NC(=S)NNC(=S)Nc2cccc(C)c2C)cc1. The van der Waals surface area contributed by atoms with Crippen molar-refractivity contribution in [3.8, 4) is 0 Å². The molecule has 0 amide bonds. The summed E-state index contributed by atoms with van der Waals surface area (Å²) in [5, 5.41) is 7.12. The highest BCUT2D eigenvalue weighted by atomic mass is 32.1. The van der Waals surface area contributed by atoms with Gasteiger partial charge in [0.25, 0.3) is 0 Å². The molecule has 0 aromatic heterocycles. The van der Waals surface area contributed by atoms with Gasteiger partial charge in [-0.2, -0.15) is 0 Å². The van der Waals surface area contributed by atoms with Gasteiger partial charge in [0.2, 0.25) is 0 Å². The van der Waals surface area contributed by atoms with Crippen LogP contribution in [-0.2, 0) is 0 Å². The summed E-state index contributed by atoms with van der Waals surface area (Å²) >= 11 is 10.5. The highest BCUT2D eigenvalue weighted by molar-refractivity contribution is 7.81. The quantitative estimate of drug-likeness (QED) is 0.491. The first-order valence-electron chi connectivity index (χ1n) is 7.22. The lowest BCUT2D eigenvalue weighted by atomic mass is 10.1. The third-order valence-corrected chi connectivity index (χ3v) is 3.86. The Balaban J connectivity index is 1.83. The highest BCUT2D eigenvalue weighted by Gasteiger charge is 2.03. The molecular weight excluding hydrogens is 324 g/mol. The molecule has 23 heavy (non-hydrogen) atoms. The van der Waals surface area contributed by atoms with E-state index in [9.17, 15) is 0 Å². The van der Waals surface area contributed by atoms with Crippen LogP contribution in [0.4, 0.5) is 11.4 Å². The summed E-state index contributed by atoms with van der Waals surface area (Å²) in [6.07, 6.45) is 0. The van der Waals surface area contributed by atoms with Gasteiger partial charge in [0.15, 0.2) is 10.2 Å². The van der Waals surface area contributed by atoms with Crippen LogP contribution in [0.1, 0.15) is 16.7 Å². The van der Waals surface area contributed by atoms with Crippen molar-refractivity contribution in [2.75, 3.05) is 10.6 Å². The van der Waals surface area contributed by atoms with E-state index in [-0.39, 0.29) is 0 Å². The Hall–Kier alpha value is -2.18. The van der Waals surface area contributed by atoms with Gasteiger partial charge in [0, 0.05) is 11.4 Å². The molecule has 0 spiro atoms. The van der Waals surface area contributed by atoms with E-state index >= 15 is 0 Å². The molecule has 0 heterocycles. The van der Waals surface area contributed by atoms with Gasteiger partial charge in [-0.25, -0.2) is 0 Å². The van der Waals surface area contributed by atoms with E-state index in [1.54, 1.807) is 0 Å². The lowest BCUT2D eigenvalue weighted by Crippen LogP contribution is -2.45. The number of hydrogen-bond donors (Lipinski definition) is 4. The van der Waals surface area contributed by atoms with Crippen LogP contribution in [0.2, 0.25) is 0 Å². The van der Waals surface area contributed by atoms with Gasteiger partial charge in [-0.1, -0.05) is 29.8 Å². The van der Waals surface area contributed by atoms with Gasteiger partial charge in [-0.05, 0) is 74.5 Å². The molecule has 120 valence electrons. The number of thiocarbonyl (C=S) groups is 2. The molecule has 0 atom stereocenters. The van der Waals surface area contributed by atoms with E-state index in [1.807, 2.05) is 43.3 Å². The van der Waals surface area contributed by atoms with Crippen LogP contribution in [0, 0.1) is 20.8 Å². The Kier molecular flexibility index (Phi) is 5.90. The highest BCUT2D eigenvalue weighted by Crippen LogP contribution is 2.17. The zero-order chi connectivity index (χ0) is 16.8. The minimum atomic E-state index is 0.443. The molecule has 0 radical (unpaired) electrons. The van der Waals surface area contributed by atoms with Gasteiger partial charge in [0.05, 0.1) is 0 Å². The van der Waals surface area contributed by atoms with Crippen LogP contribution in [-0.4, -0.2) is 10.2 Å². The monoisotopic (exact) mass is 344 g/mol. The van der Waals surface area contributed by atoms with Gasteiger partial charge < -0.3 is 10.6 Å². The predicted octanol–water partition coefficient (Wildman–Crippen LogP) is 3.80. The topological polar surface area (TPSA) is 48.1 Å². The van der Waals surface area contributed by atoms with Gasteiger partial charge in [0.1, 0.15) is 0 Å². The second kappa shape index (κ2) is 7.89. The zero-order valence-electron chi connectivity index (χ0n) is 13.4. The van der Waals surface area contributed by atoms with Crippen LogP contribution in [0.15, 0.2) is 42.5 Å². The first-order valence-corrected chi connectivity index (χ1v) is 8.04. The molecule has 0 fully saturated rings. The largest absolute Gasteiger partial charge is 0.331 e. The van der Waals surface area contributed by atoms with Gasteiger partial charge >= 0.3 is 0 Å². The minimum Gasteiger partial charge on any atom is -0.331 e. The number of aryl methyl sites for hydroxylation is 2. The van der Waals surface area contributed by atoms with Crippen molar-refractivity contribution in [1.82, 2.24) is 10.9 Å². The fourth-order valence-electron chi connectivity index (χ4n) is 1.95. The molecule has 0 bridgehead atoms. The first-order chi connectivity index (χ1) is 11.0. The van der Waals surface area contributed by atoms with Crippen molar-refractivity contribution in [2.24, 2.45) is 0 Å². The summed E-state index contributed by atoms with van der Waals surface area (Å²) in [4.78, 5) is 0. The number of hydrazine groups is 1. The number of nitrogens with one attached hydrogen (secondary N) is 4. The summed E-state index contributed by atoms with van der Waals surface area (Å²) in [6, 6.07) is 14.0. The van der Waals surface area contributed by atoms with Crippen molar-refractivity contribution >= 4 is 46.0 Å². The van der Waals surface area contributed by atoms with Crippen molar-refractivity contribution in [3.63, 3.8) is 0 Å². The molecular formula is C17H20N4S2. The van der Waals surface area contributed by atoms with E-state index in [0.29, 0.717) is 10.2 Å². The molecule has 2 aromatic carbocycles. The maximum absolute atomic E-state index is 5.27. The Labute approximate surface area is 147 Å². The lowest BCUT2D eigenvalue weighted by molar-refractivity contribution is 0.885. The number of hydrogen-bond acceptors (Lipinski definition) is 2. The van der Waals surface area contributed by atoms with Crippen molar-refractivity contribution in [3.05, 3.63) is 59.2 Å². The van der Waals surface area contributed by atoms with Gasteiger partial charge in [-0.3, -0.25) is 10.9 Å². The molecule has 6 heteroatoms. The van der Waals surface area contributed by atoms with E-state index < -0.39 is 0 Å². The second-order valence-electron chi connectivity index (χ2n) is 5.27. The molecule has 0 saturated heterocycles. The number of rotatable bonds is 2. The average molecular weight is 345 g/mol. The molecule has 0 aliphatic rings.